The first kappa shape index (κ1) is 18.5. The van der Waals surface area contributed by atoms with Crippen LogP contribution in [-0.2, 0) is 28.9 Å². The van der Waals surface area contributed by atoms with E-state index in [0.29, 0.717) is 23.7 Å². The van der Waals surface area contributed by atoms with Crippen molar-refractivity contribution >= 4 is 28.2 Å². The summed E-state index contributed by atoms with van der Waals surface area (Å²) in [6.45, 7) is 2.89. The van der Waals surface area contributed by atoms with Crippen LogP contribution in [0.3, 0.4) is 0 Å². The zero-order valence-electron chi connectivity index (χ0n) is 14.6. The molecule has 0 spiro atoms. The number of thiophene rings is 1. The Labute approximate surface area is 155 Å². The number of amides is 1. The van der Waals surface area contributed by atoms with Crippen molar-refractivity contribution < 1.29 is 24.0 Å². The lowest BCUT2D eigenvalue weighted by molar-refractivity contribution is -0.659. The highest BCUT2D eigenvalue weighted by molar-refractivity contribution is 7.17. The number of rotatable bonds is 7. The quantitative estimate of drug-likeness (QED) is 0.727. The number of carbonyl (C=O) groups is 2. The van der Waals surface area contributed by atoms with E-state index in [1.165, 1.54) is 28.3 Å². The monoisotopic (exact) mass is 377 g/mol. The average Bonchev–Trinajstić information content (AvgIpc) is 3.17. The molecule has 0 unspecified atom stereocenters. The van der Waals surface area contributed by atoms with E-state index in [2.05, 4.69) is 5.32 Å². The molecule has 7 heteroatoms. The topological polar surface area (TPSA) is 72.0 Å². The molecule has 3 rings (SSSR count). The van der Waals surface area contributed by atoms with Gasteiger partial charge in [0.1, 0.15) is 17.4 Å². The maximum absolute atomic E-state index is 12.9. The van der Waals surface area contributed by atoms with Crippen LogP contribution in [0.25, 0.3) is 0 Å². The molecule has 1 aliphatic rings. The highest BCUT2D eigenvalue weighted by atomic mass is 32.1. The number of hydrogen-bond donors (Lipinski definition) is 2. The molecule has 1 aliphatic carbocycles. The van der Waals surface area contributed by atoms with Crippen molar-refractivity contribution in [1.29, 1.82) is 0 Å². The number of nitrogens with two attached hydrogens (primary N) is 1. The Morgan fingerprint density at radius 1 is 1.27 bits per heavy atom. The van der Waals surface area contributed by atoms with E-state index in [1.807, 2.05) is 5.32 Å². The Bertz CT molecular complexity index is 802. The molecular formula is C19H22FN2O3S+. The molecule has 0 fully saturated rings. The molecule has 5 nitrogen and oxygen atoms in total. The van der Waals surface area contributed by atoms with Crippen molar-refractivity contribution in [1.82, 2.24) is 0 Å². The van der Waals surface area contributed by atoms with Gasteiger partial charge in [0.05, 0.1) is 12.2 Å². The van der Waals surface area contributed by atoms with Crippen LogP contribution in [0.5, 0.6) is 0 Å². The maximum atomic E-state index is 12.9. The van der Waals surface area contributed by atoms with E-state index in [0.717, 1.165) is 30.4 Å². The Kier molecular flexibility index (Phi) is 6.00. The summed E-state index contributed by atoms with van der Waals surface area (Å²) >= 11 is 1.47. The molecule has 0 radical (unpaired) electrons. The molecule has 138 valence electrons. The van der Waals surface area contributed by atoms with Crippen LogP contribution < -0.4 is 10.6 Å². The lowest BCUT2D eigenvalue weighted by atomic mass is 10.1. The molecule has 0 aliphatic heterocycles. The highest BCUT2D eigenvalue weighted by Gasteiger charge is 2.28. The average molecular weight is 377 g/mol. The molecule has 1 heterocycles. The van der Waals surface area contributed by atoms with E-state index >= 15 is 0 Å². The molecular weight excluding hydrogens is 355 g/mol. The van der Waals surface area contributed by atoms with Gasteiger partial charge in [0.15, 0.2) is 6.54 Å². The number of hydrogen-bond acceptors (Lipinski definition) is 4. The predicted molar refractivity (Wildman–Crippen MR) is 97.8 cm³/mol. The molecule has 0 saturated carbocycles. The number of quaternary nitrogens is 1. The standard InChI is InChI=1S/C19H21FN2O3S/c1-2-25-19(24)17-14-4-3-5-15(14)26-18(17)22-16(23)11-21-10-12-6-8-13(20)9-7-12/h6-9,21H,2-5,10-11H2,1H3,(H,22,23)/p+1. The first-order chi connectivity index (χ1) is 12.6. The number of halogens is 1. The summed E-state index contributed by atoms with van der Waals surface area (Å²) in [5, 5.41) is 5.29. The Morgan fingerprint density at radius 2 is 2.04 bits per heavy atom. The van der Waals surface area contributed by atoms with E-state index in [4.69, 9.17) is 4.74 Å². The third-order valence-corrected chi connectivity index (χ3v) is 5.48. The summed E-state index contributed by atoms with van der Waals surface area (Å²) in [4.78, 5) is 25.7. The number of aryl methyl sites for hydroxylation is 1. The summed E-state index contributed by atoms with van der Waals surface area (Å²) in [5.41, 5.74) is 2.50. The molecule has 0 bridgehead atoms. The fraction of sp³-hybridized carbons (Fsp3) is 0.368. The summed E-state index contributed by atoms with van der Waals surface area (Å²) in [5.74, 6) is -0.807. The second kappa shape index (κ2) is 8.42. The van der Waals surface area contributed by atoms with Gasteiger partial charge in [-0.1, -0.05) is 12.1 Å². The number of carbonyl (C=O) groups excluding carboxylic acids is 2. The summed E-state index contributed by atoms with van der Waals surface area (Å²) in [6, 6.07) is 6.21. The second-order valence-electron chi connectivity index (χ2n) is 6.15. The number of fused-ring (bicyclic) bond motifs is 1. The Morgan fingerprint density at radius 3 is 2.77 bits per heavy atom. The van der Waals surface area contributed by atoms with Gasteiger partial charge in [0.25, 0.3) is 5.91 Å². The molecule has 1 aromatic carbocycles. The molecule has 26 heavy (non-hydrogen) atoms. The third kappa shape index (κ3) is 4.28. The Balaban J connectivity index is 1.60. The van der Waals surface area contributed by atoms with Crippen LogP contribution in [0.2, 0.25) is 0 Å². The number of anilines is 1. The SMILES string of the molecule is CCOC(=O)c1c(NC(=O)C[NH2+]Cc2ccc(F)cc2)sc2c1CCC2. The van der Waals surface area contributed by atoms with Crippen LogP contribution in [0.15, 0.2) is 24.3 Å². The second-order valence-corrected chi connectivity index (χ2v) is 7.26. The van der Waals surface area contributed by atoms with Gasteiger partial charge >= 0.3 is 5.97 Å². The lowest BCUT2D eigenvalue weighted by Crippen LogP contribution is -2.84. The minimum absolute atomic E-state index is 0.169. The van der Waals surface area contributed by atoms with Gasteiger partial charge in [-0.2, -0.15) is 0 Å². The van der Waals surface area contributed by atoms with E-state index in [9.17, 15) is 14.0 Å². The van der Waals surface area contributed by atoms with Crippen LogP contribution in [0.1, 0.15) is 39.7 Å². The Hall–Kier alpha value is -2.25. The number of benzene rings is 1. The van der Waals surface area contributed by atoms with E-state index in [-0.39, 0.29) is 24.2 Å². The number of nitrogens with one attached hydrogen (secondary N) is 1. The van der Waals surface area contributed by atoms with Crippen LogP contribution in [0, 0.1) is 5.82 Å². The van der Waals surface area contributed by atoms with Crippen LogP contribution in [0.4, 0.5) is 9.39 Å². The van der Waals surface area contributed by atoms with E-state index in [1.54, 1.807) is 19.1 Å². The zero-order valence-corrected chi connectivity index (χ0v) is 15.5. The fourth-order valence-electron chi connectivity index (χ4n) is 3.08. The first-order valence-electron chi connectivity index (χ1n) is 8.76. The smallest absolute Gasteiger partial charge is 0.341 e. The van der Waals surface area contributed by atoms with Gasteiger partial charge in [0, 0.05) is 10.4 Å². The highest BCUT2D eigenvalue weighted by Crippen LogP contribution is 2.39. The van der Waals surface area contributed by atoms with Crippen molar-refractivity contribution in [2.75, 3.05) is 18.5 Å². The number of esters is 1. The van der Waals surface area contributed by atoms with Crippen molar-refractivity contribution in [3.8, 4) is 0 Å². The fourth-order valence-corrected chi connectivity index (χ4v) is 4.37. The van der Waals surface area contributed by atoms with Crippen molar-refractivity contribution in [3.05, 3.63) is 51.7 Å². The summed E-state index contributed by atoms with van der Waals surface area (Å²) in [7, 11) is 0. The normalized spacial score (nSPS) is 12.7. The minimum Gasteiger partial charge on any atom is -0.462 e. The van der Waals surface area contributed by atoms with E-state index < -0.39 is 0 Å². The predicted octanol–water partition coefficient (Wildman–Crippen LogP) is 2.25. The van der Waals surface area contributed by atoms with Crippen molar-refractivity contribution in [2.45, 2.75) is 32.7 Å². The summed E-state index contributed by atoms with van der Waals surface area (Å²) in [6.07, 6.45) is 2.83. The largest absolute Gasteiger partial charge is 0.462 e. The zero-order chi connectivity index (χ0) is 18.5. The van der Waals surface area contributed by atoms with Gasteiger partial charge in [0.2, 0.25) is 0 Å². The molecule has 3 N–H and O–H groups in total. The van der Waals surface area contributed by atoms with Crippen molar-refractivity contribution in [2.24, 2.45) is 0 Å². The van der Waals surface area contributed by atoms with Gasteiger partial charge in [-0.25, -0.2) is 9.18 Å². The third-order valence-electron chi connectivity index (χ3n) is 4.28. The van der Waals surface area contributed by atoms with Gasteiger partial charge < -0.3 is 15.4 Å². The summed E-state index contributed by atoms with van der Waals surface area (Å²) < 4.78 is 18.1. The van der Waals surface area contributed by atoms with Crippen LogP contribution in [-0.4, -0.2) is 25.0 Å². The van der Waals surface area contributed by atoms with Crippen molar-refractivity contribution in [3.63, 3.8) is 0 Å². The lowest BCUT2D eigenvalue weighted by Gasteiger charge is -2.07. The molecule has 1 aromatic heterocycles. The van der Waals surface area contributed by atoms with Crippen LogP contribution >= 0.6 is 11.3 Å². The van der Waals surface area contributed by atoms with Gasteiger partial charge in [-0.15, -0.1) is 11.3 Å². The molecule has 0 atom stereocenters. The first-order valence-corrected chi connectivity index (χ1v) is 9.57. The number of ether oxygens (including phenoxy) is 1. The minimum atomic E-state index is -0.363. The van der Waals surface area contributed by atoms with Gasteiger partial charge in [-0.05, 0) is 43.9 Å². The molecule has 1 amide bonds. The van der Waals surface area contributed by atoms with Gasteiger partial charge in [-0.3, -0.25) is 4.79 Å². The molecule has 0 saturated heterocycles. The maximum Gasteiger partial charge on any atom is 0.341 e. The molecule has 2 aromatic rings.